The van der Waals surface area contributed by atoms with Crippen molar-refractivity contribution in [1.82, 2.24) is 0 Å². The Balaban J connectivity index is 2.32. The van der Waals surface area contributed by atoms with Crippen LogP contribution in [0.25, 0.3) is 0 Å². The maximum Gasteiger partial charge on any atom is 0.250 e. The Bertz CT molecular complexity index is 458. The zero-order valence-corrected chi connectivity index (χ0v) is 11.5. The fraction of sp³-hybridized carbons (Fsp3) is 0. The highest BCUT2D eigenvalue weighted by atomic mass is 35.5. The lowest BCUT2D eigenvalue weighted by molar-refractivity contribution is 1.75. The number of halogens is 2. The molecule has 0 saturated carbocycles. The van der Waals surface area contributed by atoms with Crippen LogP contribution < -0.4 is 10.6 Å². The molecule has 0 aliphatic carbocycles. The standard InChI is InChI=1S/C12H8Cl2PS/c13-9-1-5-11(6-2-9)15(16)12-7-3-10(14)4-8-12/h1-8H/q+1. The number of hydrogen-bond acceptors (Lipinski definition) is 1. The predicted molar refractivity (Wildman–Crippen MR) is 76.5 cm³/mol. The van der Waals surface area contributed by atoms with Crippen molar-refractivity contribution >= 4 is 52.3 Å². The highest BCUT2D eigenvalue weighted by molar-refractivity contribution is 8.12. The molecule has 0 heterocycles. The van der Waals surface area contributed by atoms with Crippen LogP contribution in [0, 0.1) is 0 Å². The van der Waals surface area contributed by atoms with Crippen molar-refractivity contribution in [3.8, 4) is 0 Å². The molecule has 0 N–H and O–H groups in total. The third-order valence-electron chi connectivity index (χ3n) is 2.12. The summed E-state index contributed by atoms with van der Waals surface area (Å²) in [6.07, 6.45) is 0. The van der Waals surface area contributed by atoms with Crippen LogP contribution in [-0.4, -0.2) is 0 Å². The first-order valence-corrected chi connectivity index (χ1v) is 7.76. The zero-order valence-electron chi connectivity index (χ0n) is 8.23. The van der Waals surface area contributed by atoms with E-state index < -0.39 is 6.70 Å². The van der Waals surface area contributed by atoms with Crippen molar-refractivity contribution in [2.75, 3.05) is 0 Å². The van der Waals surface area contributed by atoms with Crippen LogP contribution >= 0.6 is 29.9 Å². The smallest absolute Gasteiger partial charge is 0.0843 e. The summed E-state index contributed by atoms with van der Waals surface area (Å²) >= 11 is 17.2. The Hall–Kier alpha value is -0.460. The number of benzene rings is 2. The fourth-order valence-corrected chi connectivity index (χ4v) is 3.42. The molecule has 0 radical (unpaired) electrons. The second-order valence-corrected chi connectivity index (χ2v) is 6.84. The van der Waals surface area contributed by atoms with Crippen LogP contribution in [0.2, 0.25) is 10.0 Å². The summed E-state index contributed by atoms with van der Waals surface area (Å²) in [4.78, 5) is 0. The summed E-state index contributed by atoms with van der Waals surface area (Å²) in [6, 6.07) is 15.4. The van der Waals surface area contributed by atoms with Crippen LogP contribution in [-0.2, 0) is 11.8 Å². The van der Waals surface area contributed by atoms with Gasteiger partial charge in [-0.05, 0) is 48.5 Å². The molecule has 0 unspecified atom stereocenters. The maximum atomic E-state index is 5.84. The molecule has 0 spiro atoms. The molecule has 0 nitrogen and oxygen atoms in total. The van der Waals surface area contributed by atoms with Gasteiger partial charge in [-0.15, -0.1) is 0 Å². The molecule has 0 saturated heterocycles. The van der Waals surface area contributed by atoms with E-state index in [2.05, 4.69) is 0 Å². The van der Waals surface area contributed by atoms with Gasteiger partial charge in [-0.1, -0.05) is 23.2 Å². The van der Waals surface area contributed by atoms with E-state index in [1.165, 1.54) is 0 Å². The molecule has 80 valence electrons. The molecule has 0 fully saturated rings. The average Bonchev–Trinajstić information content (AvgIpc) is 2.30. The zero-order chi connectivity index (χ0) is 11.5. The third kappa shape index (κ3) is 2.81. The van der Waals surface area contributed by atoms with Gasteiger partial charge in [0.05, 0.1) is 0 Å². The minimum absolute atomic E-state index is 0.730. The Morgan fingerprint density at radius 1 is 0.688 bits per heavy atom. The second kappa shape index (κ2) is 5.25. The molecule has 2 aromatic carbocycles. The van der Waals surface area contributed by atoms with E-state index in [1.54, 1.807) is 0 Å². The molecule has 0 aliphatic rings. The van der Waals surface area contributed by atoms with Crippen LogP contribution in [0.4, 0.5) is 0 Å². The summed E-state index contributed by atoms with van der Waals surface area (Å²) in [7, 11) is 0. The molecule has 0 amide bonds. The Morgan fingerprint density at radius 3 is 1.31 bits per heavy atom. The van der Waals surface area contributed by atoms with Crippen molar-refractivity contribution in [3.63, 3.8) is 0 Å². The van der Waals surface area contributed by atoms with Gasteiger partial charge in [0.15, 0.2) is 22.4 Å². The normalized spacial score (nSPS) is 10.1. The largest absolute Gasteiger partial charge is 0.250 e. The van der Waals surface area contributed by atoms with Crippen molar-refractivity contribution < 1.29 is 0 Å². The molecule has 0 aromatic heterocycles. The number of hydrogen-bond donors (Lipinski definition) is 0. The first kappa shape index (κ1) is 12.0. The third-order valence-corrected chi connectivity index (χ3v) is 5.43. The molecule has 2 aromatic rings. The lowest BCUT2D eigenvalue weighted by Crippen LogP contribution is -2.05. The van der Waals surface area contributed by atoms with E-state index in [0.29, 0.717) is 0 Å². The molecule has 0 atom stereocenters. The van der Waals surface area contributed by atoms with E-state index in [4.69, 9.17) is 35.0 Å². The van der Waals surface area contributed by atoms with E-state index in [1.807, 2.05) is 48.5 Å². The first-order valence-electron chi connectivity index (χ1n) is 4.65. The van der Waals surface area contributed by atoms with E-state index in [0.717, 1.165) is 20.7 Å². The van der Waals surface area contributed by atoms with E-state index in [-0.39, 0.29) is 0 Å². The van der Waals surface area contributed by atoms with Crippen molar-refractivity contribution in [2.45, 2.75) is 0 Å². The SMILES string of the molecule is S=[P+](c1ccc(Cl)cc1)c1ccc(Cl)cc1. The van der Waals surface area contributed by atoms with Gasteiger partial charge < -0.3 is 0 Å². The Labute approximate surface area is 111 Å². The van der Waals surface area contributed by atoms with Crippen LogP contribution in [0.5, 0.6) is 0 Å². The topological polar surface area (TPSA) is 0 Å². The van der Waals surface area contributed by atoms with Crippen LogP contribution in [0.1, 0.15) is 0 Å². The monoisotopic (exact) mass is 285 g/mol. The minimum Gasteiger partial charge on any atom is -0.0843 e. The van der Waals surface area contributed by atoms with Gasteiger partial charge in [-0.2, -0.15) is 0 Å². The molecule has 0 aliphatic heterocycles. The summed E-state index contributed by atoms with van der Waals surface area (Å²) in [5.74, 6) is 0. The average molecular weight is 286 g/mol. The van der Waals surface area contributed by atoms with Crippen molar-refractivity contribution in [2.24, 2.45) is 0 Å². The molecular formula is C12H8Cl2PS+. The van der Waals surface area contributed by atoms with Crippen molar-refractivity contribution in [3.05, 3.63) is 58.6 Å². The summed E-state index contributed by atoms with van der Waals surface area (Å²) in [6.45, 7) is -0.730. The van der Waals surface area contributed by atoms with E-state index >= 15 is 0 Å². The van der Waals surface area contributed by atoms with Gasteiger partial charge in [0, 0.05) is 10.0 Å². The quantitative estimate of drug-likeness (QED) is 0.755. The Morgan fingerprint density at radius 2 is 1.00 bits per heavy atom. The molecule has 4 heteroatoms. The first-order chi connectivity index (χ1) is 7.66. The van der Waals surface area contributed by atoms with Gasteiger partial charge in [0.25, 0.3) is 0 Å². The van der Waals surface area contributed by atoms with Crippen molar-refractivity contribution in [1.29, 1.82) is 0 Å². The Kier molecular flexibility index (Phi) is 3.94. The predicted octanol–water partition coefficient (Wildman–Crippen LogP) is 3.89. The lowest BCUT2D eigenvalue weighted by Gasteiger charge is -1.93. The summed E-state index contributed by atoms with van der Waals surface area (Å²) in [5, 5.41) is 3.74. The molecule has 0 bridgehead atoms. The van der Waals surface area contributed by atoms with Gasteiger partial charge in [0.2, 0.25) is 6.70 Å². The number of rotatable bonds is 2. The van der Waals surface area contributed by atoms with Gasteiger partial charge >= 0.3 is 0 Å². The van der Waals surface area contributed by atoms with Gasteiger partial charge in [-0.25, -0.2) is 0 Å². The maximum absolute atomic E-state index is 5.84. The molecule has 2 rings (SSSR count). The van der Waals surface area contributed by atoms with Crippen LogP contribution in [0.15, 0.2) is 48.5 Å². The van der Waals surface area contributed by atoms with Gasteiger partial charge in [-0.3, -0.25) is 0 Å². The van der Waals surface area contributed by atoms with E-state index in [9.17, 15) is 0 Å². The van der Waals surface area contributed by atoms with Gasteiger partial charge in [0.1, 0.15) is 0 Å². The summed E-state index contributed by atoms with van der Waals surface area (Å²) < 4.78 is 0. The van der Waals surface area contributed by atoms with Crippen LogP contribution in [0.3, 0.4) is 0 Å². The highest BCUT2D eigenvalue weighted by Gasteiger charge is 2.17. The molecule has 16 heavy (non-hydrogen) atoms. The minimum atomic E-state index is -0.730. The molecular weight excluding hydrogens is 278 g/mol. The second-order valence-electron chi connectivity index (χ2n) is 3.25. The highest BCUT2D eigenvalue weighted by Crippen LogP contribution is 2.21. The fourth-order valence-electron chi connectivity index (χ4n) is 1.30. The summed E-state index contributed by atoms with van der Waals surface area (Å²) in [5.41, 5.74) is 0. The lowest BCUT2D eigenvalue weighted by atomic mass is 10.4.